The molecular formula is C15H16Cl2N4OS. The fraction of sp³-hybridized carbons (Fsp3) is 0.267. The minimum absolute atomic E-state index is 0.176. The molecule has 8 heteroatoms. The van der Waals surface area contributed by atoms with Crippen molar-refractivity contribution in [3.8, 4) is 0 Å². The molecule has 0 fully saturated rings. The van der Waals surface area contributed by atoms with Gasteiger partial charge in [0, 0.05) is 11.6 Å². The molecular weight excluding hydrogens is 355 g/mol. The van der Waals surface area contributed by atoms with Crippen LogP contribution in [0.25, 0.3) is 0 Å². The second-order valence-corrected chi connectivity index (χ2v) is 6.95. The predicted molar refractivity (Wildman–Crippen MR) is 95.4 cm³/mol. The molecule has 2 aromatic rings. The first-order chi connectivity index (χ1) is 10.9. The van der Waals surface area contributed by atoms with Crippen molar-refractivity contribution < 1.29 is 4.79 Å². The molecule has 0 bridgehead atoms. The first kappa shape index (κ1) is 17.8. The fourth-order valence-corrected chi connectivity index (χ4v) is 3.18. The largest absolute Gasteiger partial charge is 0.324 e. The molecule has 0 spiro atoms. The Bertz CT molecular complexity index is 732. The number of halogens is 2. The summed E-state index contributed by atoms with van der Waals surface area (Å²) in [5.74, 6) is 0.603. The average molecular weight is 371 g/mol. The van der Waals surface area contributed by atoms with Crippen molar-refractivity contribution in [2.75, 3.05) is 5.32 Å². The van der Waals surface area contributed by atoms with Gasteiger partial charge in [-0.05, 0) is 32.0 Å². The van der Waals surface area contributed by atoms with E-state index in [2.05, 4.69) is 22.1 Å². The number of rotatable bonds is 6. The van der Waals surface area contributed by atoms with E-state index in [9.17, 15) is 4.79 Å². The summed E-state index contributed by atoms with van der Waals surface area (Å²) in [5.41, 5.74) is 0.525. The number of carbonyl (C=O) groups is 1. The molecule has 1 aromatic carbocycles. The molecule has 122 valence electrons. The summed E-state index contributed by atoms with van der Waals surface area (Å²) in [5, 5.41) is 12.1. The number of anilines is 1. The van der Waals surface area contributed by atoms with Gasteiger partial charge in [0.05, 0.1) is 16.0 Å². The molecule has 1 aromatic heterocycles. The quantitative estimate of drug-likeness (QED) is 0.611. The van der Waals surface area contributed by atoms with Gasteiger partial charge in [-0.3, -0.25) is 4.79 Å². The molecule has 0 unspecified atom stereocenters. The third kappa shape index (κ3) is 4.50. The number of thioether (sulfide) groups is 1. The summed E-state index contributed by atoms with van der Waals surface area (Å²) in [6, 6.07) is 4.93. The van der Waals surface area contributed by atoms with E-state index in [4.69, 9.17) is 23.2 Å². The van der Waals surface area contributed by atoms with Gasteiger partial charge >= 0.3 is 0 Å². The molecule has 1 atom stereocenters. The van der Waals surface area contributed by atoms with Gasteiger partial charge in [-0.1, -0.05) is 41.0 Å². The number of allylic oxidation sites excluding steroid dienone is 1. The SMILES string of the molecule is C=CCn1c(C)nnc1S[C@H](C)C(=O)Nc1ccc(Cl)cc1Cl. The zero-order valence-corrected chi connectivity index (χ0v) is 15.0. The Hall–Kier alpha value is -1.50. The van der Waals surface area contributed by atoms with Crippen LogP contribution >= 0.6 is 35.0 Å². The average Bonchev–Trinajstić information content (AvgIpc) is 2.83. The Morgan fingerprint density at radius 1 is 1.48 bits per heavy atom. The third-order valence-corrected chi connectivity index (χ3v) is 4.68. The summed E-state index contributed by atoms with van der Waals surface area (Å²) in [7, 11) is 0. The number of aromatic nitrogens is 3. The van der Waals surface area contributed by atoms with E-state index in [0.29, 0.717) is 27.4 Å². The molecule has 0 saturated carbocycles. The molecule has 0 radical (unpaired) electrons. The molecule has 0 aliphatic carbocycles. The highest BCUT2D eigenvalue weighted by Crippen LogP contribution is 2.27. The van der Waals surface area contributed by atoms with E-state index in [1.54, 1.807) is 31.2 Å². The van der Waals surface area contributed by atoms with Crippen LogP contribution in [0.5, 0.6) is 0 Å². The lowest BCUT2D eigenvalue weighted by molar-refractivity contribution is -0.115. The molecule has 0 saturated heterocycles. The smallest absolute Gasteiger partial charge is 0.237 e. The van der Waals surface area contributed by atoms with Gasteiger partial charge in [0.15, 0.2) is 5.16 Å². The van der Waals surface area contributed by atoms with Gasteiger partial charge < -0.3 is 9.88 Å². The van der Waals surface area contributed by atoms with E-state index in [1.165, 1.54) is 11.8 Å². The maximum atomic E-state index is 12.3. The van der Waals surface area contributed by atoms with Crippen LogP contribution in [0.3, 0.4) is 0 Å². The highest BCUT2D eigenvalue weighted by Gasteiger charge is 2.19. The zero-order valence-electron chi connectivity index (χ0n) is 12.7. The van der Waals surface area contributed by atoms with Crippen LogP contribution < -0.4 is 5.32 Å². The standard InChI is InChI=1S/C15H16Cl2N4OS/c1-4-7-21-10(3)19-20-15(21)23-9(2)14(22)18-13-6-5-11(16)8-12(13)17/h4-6,8-9H,1,7H2,2-3H3,(H,18,22)/t9-/m1/s1. The zero-order chi connectivity index (χ0) is 17.0. The minimum atomic E-state index is -0.367. The van der Waals surface area contributed by atoms with Gasteiger partial charge in [0.25, 0.3) is 0 Å². The molecule has 2 rings (SSSR count). The topological polar surface area (TPSA) is 59.8 Å². The van der Waals surface area contributed by atoms with Crippen LogP contribution in [0.4, 0.5) is 5.69 Å². The molecule has 1 N–H and O–H groups in total. The highest BCUT2D eigenvalue weighted by molar-refractivity contribution is 8.00. The van der Waals surface area contributed by atoms with Gasteiger partial charge in [-0.2, -0.15) is 0 Å². The fourth-order valence-electron chi connectivity index (χ4n) is 1.82. The van der Waals surface area contributed by atoms with Gasteiger partial charge in [-0.15, -0.1) is 16.8 Å². The number of nitrogens with zero attached hydrogens (tertiary/aromatic N) is 3. The lowest BCUT2D eigenvalue weighted by atomic mass is 10.3. The highest BCUT2D eigenvalue weighted by atomic mass is 35.5. The summed E-state index contributed by atoms with van der Waals surface area (Å²) in [4.78, 5) is 12.3. The van der Waals surface area contributed by atoms with E-state index < -0.39 is 0 Å². The van der Waals surface area contributed by atoms with Crippen molar-refractivity contribution in [3.63, 3.8) is 0 Å². The number of nitrogens with one attached hydrogen (secondary N) is 1. The van der Waals surface area contributed by atoms with Gasteiger partial charge in [0.2, 0.25) is 5.91 Å². The predicted octanol–water partition coefficient (Wildman–Crippen LogP) is 4.20. The number of amides is 1. The van der Waals surface area contributed by atoms with Crippen LogP contribution in [0.1, 0.15) is 12.7 Å². The first-order valence-electron chi connectivity index (χ1n) is 6.85. The van der Waals surface area contributed by atoms with Crippen LogP contribution in [-0.4, -0.2) is 25.9 Å². The Balaban J connectivity index is 2.07. The van der Waals surface area contributed by atoms with Crippen LogP contribution in [0.2, 0.25) is 10.0 Å². The number of aryl methyl sites for hydroxylation is 1. The van der Waals surface area contributed by atoms with Crippen molar-refractivity contribution in [1.29, 1.82) is 0 Å². The summed E-state index contributed by atoms with van der Waals surface area (Å²) in [6.45, 7) is 7.97. The van der Waals surface area contributed by atoms with Crippen LogP contribution in [-0.2, 0) is 11.3 Å². The Kier molecular flexibility index (Phi) is 6.10. The van der Waals surface area contributed by atoms with Crippen molar-refractivity contribution in [3.05, 3.63) is 46.7 Å². The number of hydrogen-bond donors (Lipinski definition) is 1. The van der Waals surface area contributed by atoms with E-state index in [-0.39, 0.29) is 11.2 Å². The molecule has 23 heavy (non-hydrogen) atoms. The van der Waals surface area contributed by atoms with Crippen molar-refractivity contribution in [2.24, 2.45) is 0 Å². The van der Waals surface area contributed by atoms with Gasteiger partial charge in [-0.25, -0.2) is 0 Å². The molecule has 0 aliphatic rings. The minimum Gasteiger partial charge on any atom is -0.324 e. The Morgan fingerprint density at radius 3 is 2.87 bits per heavy atom. The van der Waals surface area contributed by atoms with Gasteiger partial charge in [0.1, 0.15) is 5.82 Å². The maximum Gasteiger partial charge on any atom is 0.237 e. The van der Waals surface area contributed by atoms with Crippen molar-refractivity contribution in [1.82, 2.24) is 14.8 Å². The Labute approximate surface area is 149 Å². The van der Waals surface area contributed by atoms with E-state index in [0.717, 1.165) is 5.82 Å². The molecule has 5 nitrogen and oxygen atoms in total. The van der Waals surface area contributed by atoms with Crippen molar-refractivity contribution >= 4 is 46.6 Å². The first-order valence-corrected chi connectivity index (χ1v) is 8.49. The second-order valence-electron chi connectivity index (χ2n) is 4.80. The Morgan fingerprint density at radius 2 is 2.22 bits per heavy atom. The second kappa shape index (κ2) is 7.86. The van der Waals surface area contributed by atoms with Crippen LogP contribution in [0.15, 0.2) is 36.0 Å². The molecule has 0 aliphatic heterocycles. The monoisotopic (exact) mass is 370 g/mol. The molecule has 1 heterocycles. The summed E-state index contributed by atoms with van der Waals surface area (Å²) in [6.07, 6.45) is 1.76. The van der Waals surface area contributed by atoms with E-state index in [1.807, 2.05) is 11.5 Å². The van der Waals surface area contributed by atoms with Crippen molar-refractivity contribution in [2.45, 2.75) is 30.8 Å². The number of carbonyl (C=O) groups excluding carboxylic acids is 1. The van der Waals surface area contributed by atoms with E-state index >= 15 is 0 Å². The summed E-state index contributed by atoms with van der Waals surface area (Å²) >= 11 is 13.2. The lowest BCUT2D eigenvalue weighted by Crippen LogP contribution is -2.23. The lowest BCUT2D eigenvalue weighted by Gasteiger charge is -2.13. The summed E-state index contributed by atoms with van der Waals surface area (Å²) < 4.78 is 1.90. The third-order valence-electron chi connectivity index (χ3n) is 3.05. The maximum absolute atomic E-state index is 12.3. The van der Waals surface area contributed by atoms with Crippen LogP contribution in [0, 0.1) is 6.92 Å². The normalized spacial score (nSPS) is 12.0. The number of benzene rings is 1. The molecule has 1 amide bonds. The number of hydrogen-bond acceptors (Lipinski definition) is 4.